The molecule has 3 aromatic rings. The van der Waals surface area contributed by atoms with Crippen molar-refractivity contribution >= 4 is 50.3 Å². The zero-order chi connectivity index (χ0) is 24.6. The van der Waals surface area contributed by atoms with Crippen LogP contribution in [0.2, 0.25) is 5.02 Å². The lowest BCUT2D eigenvalue weighted by Gasteiger charge is -2.31. The number of alkyl halides is 3. The molecule has 2 aromatic carbocycles. The number of aryl methyl sites for hydroxylation is 1. The van der Waals surface area contributed by atoms with Crippen LogP contribution in [0.25, 0.3) is 10.2 Å². The number of anilines is 1. The van der Waals surface area contributed by atoms with Gasteiger partial charge in [-0.05, 0) is 49.9 Å². The molecule has 1 aliphatic heterocycles. The number of hydrogen-bond acceptors (Lipinski definition) is 6. The molecule has 180 valence electrons. The Kier molecular flexibility index (Phi) is 6.70. The van der Waals surface area contributed by atoms with Crippen LogP contribution in [0.15, 0.2) is 30.3 Å². The molecule has 34 heavy (non-hydrogen) atoms. The summed E-state index contributed by atoms with van der Waals surface area (Å²) in [4.78, 5) is 33.6. The SMILES string of the molecule is Cc1cc(Cl)cc(C(=O)Nc2nc3ccc(C(F)(F)F)cc3s2)c1OC(=O)N1CCN(C)CC1. The predicted octanol–water partition coefficient (Wildman–Crippen LogP) is 5.28. The van der Waals surface area contributed by atoms with E-state index in [1.54, 1.807) is 17.9 Å². The molecule has 7 nitrogen and oxygen atoms in total. The standard InChI is InChI=1S/C22H20ClF3N4O3S/c1-12-9-14(23)11-15(18(12)33-21(32)30-7-5-29(2)6-8-30)19(31)28-20-27-16-4-3-13(22(24,25)26)10-17(16)34-20/h3-4,9-11H,5-8H2,1-2H3,(H,27,28,31). The second-order valence-corrected chi connectivity index (χ2v) is 9.38. The highest BCUT2D eigenvalue weighted by atomic mass is 35.5. The highest BCUT2D eigenvalue weighted by molar-refractivity contribution is 7.22. The molecule has 0 bridgehead atoms. The Bertz CT molecular complexity index is 1260. The molecule has 0 atom stereocenters. The number of carbonyl (C=O) groups excluding carboxylic acids is 2. The van der Waals surface area contributed by atoms with Crippen LogP contribution in [0.5, 0.6) is 5.75 Å². The minimum absolute atomic E-state index is 0.0164. The summed E-state index contributed by atoms with van der Waals surface area (Å²) in [5, 5.41) is 2.95. The number of fused-ring (bicyclic) bond motifs is 1. The van der Waals surface area contributed by atoms with Crippen molar-refractivity contribution < 1.29 is 27.5 Å². The van der Waals surface area contributed by atoms with Crippen molar-refractivity contribution in [2.75, 3.05) is 38.5 Å². The van der Waals surface area contributed by atoms with E-state index in [1.807, 2.05) is 7.05 Å². The molecule has 2 heterocycles. The Morgan fingerprint density at radius 3 is 2.53 bits per heavy atom. The normalized spacial score (nSPS) is 14.9. The first-order valence-corrected chi connectivity index (χ1v) is 11.5. The fourth-order valence-electron chi connectivity index (χ4n) is 3.49. The quantitative estimate of drug-likeness (QED) is 0.517. The van der Waals surface area contributed by atoms with Crippen molar-refractivity contribution in [2.24, 2.45) is 0 Å². The third-order valence-corrected chi connectivity index (χ3v) is 6.52. The molecule has 1 aromatic heterocycles. The lowest BCUT2D eigenvalue weighted by molar-refractivity contribution is -0.137. The van der Waals surface area contributed by atoms with E-state index in [4.69, 9.17) is 16.3 Å². The van der Waals surface area contributed by atoms with Gasteiger partial charge in [-0.2, -0.15) is 13.2 Å². The van der Waals surface area contributed by atoms with Crippen LogP contribution in [0, 0.1) is 6.92 Å². The monoisotopic (exact) mass is 512 g/mol. The van der Waals surface area contributed by atoms with Crippen molar-refractivity contribution in [1.82, 2.24) is 14.8 Å². The largest absolute Gasteiger partial charge is 0.416 e. The lowest BCUT2D eigenvalue weighted by atomic mass is 10.1. The highest BCUT2D eigenvalue weighted by Crippen LogP contribution is 2.35. The van der Waals surface area contributed by atoms with Crippen LogP contribution in [0.3, 0.4) is 0 Å². The van der Waals surface area contributed by atoms with Crippen LogP contribution in [0.4, 0.5) is 23.1 Å². The van der Waals surface area contributed by atoms with Gasteiger partial charge < -0.3 is 14.5 Å². The number of nitrogens with zero attached hydrogens (tertiary/aromatic N) is 3. The summed E-state index contributed by atoms with van der Waals surface area (Å²) < 4.78 is 44.8. The van der Waals surface area contributed by atoms with E-state index >= 15 is 0 Å². The molecule has 1 aliphatic rings. The molecule has 0 radical (unpaired) electrons. The molecule has 4 rings (SSSR count). The van der Waals surface area contributed by atoms with E-state index in [0.29, 0.717) is 37.3 Å². The topological polar surface area (TPSA) is 74.8 Å². The molecule has 2 amide bonds. The Morgan fingerprint density at radius 2 is 1.85 bits per heavy atom. The fraction of sp³-hybridized carbons (Fsp3) is 0.318. The second-order valence-electron chi connectivity index (χ2n) is 7.91. The van der Waals surface area contributed by atoms with Crippen molar-refractivity contribution in [2.45, 2.75) is 13.1 Å². The van der Waals surface area contributed by atoms with E-state index in [2.05, 4.69) is 15.2 Å². The molecule has 0 aliphatic carbocycles. The van der Waals surface area contributed by atoms with Gasteiger partial charge >= 0.3 is 12.3 Å². The van der Waals surface area contributed by atoms with E-state index in [0.717, 1.165) is 23.5 Å². The number of nitrogens with one attached hydrogen (secondary N) is 1. The second kappa shape index (κ2) is 9.40. The predicted molar refractivity (Wildman–Crippen MR) is 124 cm³/mol. The van der Waals surface area contributed by atoms with Gasteiger partial charge in [0.15, 0.2) is 5.13 Å². The zero-order valence-corrected chi connectivity index (χ0v) is 19.8. The number of rotatable bonds is 3. The maximum Gasteiger partial charge on any atom is 0.416 e. The third kappa shape index (κ3) is 5.26. The number of amides is 2. The average molecular weight is 513 g/mol. The van der Waals surface area contributed by atoms with Crippen molar-refractivity contribution in [3.63, 3.8) is 0 Å². The van der Waals surface area contributed by atoms with Crippen LogP contribution in [0.1, 0.15) is 21.5 Å². The Balaban J connectivity index is 1.57. The number of hydrogen-bond donors (Lipinski definition) is 1. The van der Waals surface area contributed by atoms with Crippen LogP contribution >= 0.6 is 22.9 Å². The summed E-state index contributed by atoms with van der Waals surface area (Å²) in [6, 6.07) is 6.10. The van der Waals surface area contributed by atoms with Crippen molar-refractivity contribution in [3.05, 3.63) is 52.0 Å². The minimum Gasteiger partial charge on any atom is -0.409 e. The average Bonchev–Trinajstić information content (AvgIpc) is 3.16. The number of carbonyl (C=O) groups is 2. The van der Waals surface area contributed by atoms with Crippen molar-refractivity contribution in [1.29, 1.82) is 0 Å². The van der Waals surface area contributed by atoms with E-state index in [1.165, 1.54) is 12.1 Å². The van der Waals surface area contributed by atoms with Crippen molar-refractivity contribution in [3.8, 4) is 5.75 Å². The number of piperazine rings is 1. The highest BCUT2D eigenvalue weighted by Gasteiger charge is 2.31. The smallest absolute Gasteiger partial charge is 0.409 e. The Morgan fingerprint density at radius 1 is 1.15 bits per heavy atom. The molecule has 1 saturated heterocycles. The van der Waals surface area contributed by atoms with Crippen LogP contribution < -0.4 is 10.1 Å². The van der Waals surface area contributed by atoms with E-state index in [-0.39, 0.29) is 26.2 Å². The maximum absolute atomic E-state index is 13.0. The van der Waals surface area contributed by atoms with E-state index in [9.17, 15) is 22.8 Å². The van der Waals surface area contributed by atoms with Gasteiger partial charge in [-0.1, -0.05) is 22.9 Å². The Hall–Kier alpha value is -2.89. The summed E-state index contributed by atoms with van der Waals surface area (Å²) in [5.74, 6) is -0.590. The number of likely N-dealkylation sites (N-methyl/N-ethyl adjacent to an activating group) is 1. The first-order chi connectivity index (χ1) is 16.0. The molecule has 1 fully saturated rings. The van der Waals surface area contributed by atoms with Gasteiger partial charge in [0, 0.05) is 31.2 Å². The number of halogens is 4. The molecular formula is C22H20ClF3N4O3S. The lowest BCUT2D eigenvalue weighted by Crippen LogP contribution is -2.48. The summed E-state index contributed by atoms with van der Waals surface area (Å²) >= 11 is 7.04. The molecule has 0 spiro atoms. The first kappa shape index (κ1) is 24.2. The van der Waals surface area contributed by atoms with Crippen LogP contribution in [-0.4, -0.2) is 60.0 Å². The number of thiazole rings is 1. The summed E-state index contributed by atoms with van der Waals surface area (Å²) in [7, 11) is 1.96. The molecular weight excluding hydrogens is 493 g/mol. The fourth-order valence-corrected chi connectivity index (χ4v) is 4.67. The summed E-state index contributed by atoms with van der Waals surface area (Å²) in [5.41, 5.74) is 0.0179. The van der Waals surface area contributed by atoms with Gasteiger partial charge in [0.1, 0.15) is 5.75 Å². The first-order valence-electron chi connectivity index (χ1n) is 10.3. The van der Waals surface area contributed by atoms with Crippen LogP contribution in [-0.2, 0) is 6.18 Å². The summed E-state index contributed by atoms with van der Waals surface area (Å²) in [6.45, 7) is 4.06. The maximum atomic E-state index is 13.0. The minimum atomic E-state index is -4.48. The number of ether oxygens (including phenoxy) is 1. The molecule has 0 saturated carbocycles. The number of benzene rings is 2. The molecule has 1 N–H and O–H groups in total. The molecule has 0 unspecified atom stereocenters. The molecule has 12 heteroatoms. The van der Waals surface area contributed by atoms with Gasteiger partial charge in [0.05, 0.1) is 21.3 Å². The van der Waals surface area contributed by atoms with Gasteiger partial charge in [-0.15, -0.1) is 0 Å². The van der Waals surface area contributed by atoms with Gasteiger partial charge in [-0.25, -0.2) is 9.78 Å². The Labute approximate surface area is 202 Å². The van der Waals surface area contributed by atoms with Gasteiger partial charge in [0.2, 0.25) is 0 Å². The summed E-state index contributed by atoms with van der Waals surface area (Å²) in [6.07, 6.45) is -5.06. The van der Waals surface area contributed by atoms with Gasteiger partial charge in [-0.3, -0.25) is 10.1 Å². The van der Waals surface area contributed by atoms with Gasteiger partial charge in [0.25, 0.3) is 5.91 Å². The van der Waals surface area contributed by atoms with E-state index < -0.39 is 23.7 Å². The number of aromatic nitrogens is 1. The third-order valence-electron chi connectivity index (χ3n) is 5.37. The zero-order valence-electron chi connectivity index (χ0n) is 18.2.